The van der Waals surface area contributed by atoms with E-state index in [0.717, 1.165) is 22.5 Å². The second-order valence-electron chi connectivity index (χ2n) is 9.79. The van der Waals surface area contributed by atoms with Gasteiger partial charge in [-0.05, 0) is 46.8 Å². The summed E-state index contributed by atoms with van der Waals surface area (Å²) in [4.78, 5) is 38.6. The maximum atomic E-state index is 13.8. The number of fused-ring (bicyclic) bond motifs is 2. The summed E-state index contributed by atoms with van der Waals surface area (Å²) in [6, 6.07) is 3.87. The van der Waals surface area contributed by atoms with Gasteiger partial charge < -0.3 is 20.1 Å². The largest absolute Gasteiger partial charge is 0.489 e. The van der Waals surface area contributed by atoms with Crippen molar-refractivity contribution in [1.82, 2.24) is 24.8 Å². The van der Waals surface area contributed by atoms with Crippen molar-refractivity contribution in [2.24, 2.45) is 0 Å². The molecule has 1 amide bonds. The molecule has 0 unspecified atom stereocenters. The summed E-state index contributed by atoms with van der Waals surface area (Å²) in [6.45, 7) is 9.08. The lowest BCUT2D eigenvalue weighted by Gasteiger charge is -2.19. The third kappa shape index (κ3) is 5.24. The van der Waals surface area contributed by atoms with Gasteiger partial charge in [0.1, 0.15) is 33.8 Å². The standard InChI is InChI=1S/C25H25FN6O4S/c1-12(2)35-17-8-13(26)6-7-16(17)29-20-19-22(28-11-27-20)37-23(31-19)21(33)30-18-14-9-32(10-15(14)18)24(34)36-25(3,4)5/h6-12,18H,1-5H3,(H,30,33)(H,27,28,29). The summed E-state index contributed by atoms with van der Waals surface area (Å²) in [7, 11) is 0. The monoisotopic (exact) mass is 524 g/mol. The number of carbonyl (C=O) groups excluding carboxylic acids is 2. The van der Waals surface area contributed by atoms with Crippen LogP contribution >= 0.6 is 11.3 Å². The summed E-state index contributed by atoms with van der Waals surface area (Å²) < 4.78 is 26.2. The zero-order valence-electron chi connectivity index (χ0n) is 20.8. The van der Waals surface area contributed by atoms with Gasteiger partial charge in [-0.25, -0.2) is 24.1 Å². The van der Waals surface area contributed by atoms with Gasteiger partial charge >= 0.3 is 6.09 Å². The third-order valence-corrected chi connectivity index (χ3v) is 6.22. The number of anilines is 2. The molecule has 0 radical (unpaired) electrons. The highest BCUT2D eigenvalue weighted by molar-refractivity contribution is 7.20. The molecule has 2 N–H and O–H groups in total. The molecule has 192 valence electrons. The van der Waals surface area contributed by atoms with E-state index < -0.39 is 17.5 Å². The van der Waals surface area contributed by atoms with E-state index in [1.807, 2.05) is 13.8 Å². The first-order valence-corrected chi connectivity index (χ1v) is 12.4. The number of hydrogen-bond donors (Lipinski definition) is 2. The van der Waals surface area contributed by atoms with Crippen molar-refractivity contribution in [3.63, 3.8) is 0 Å². The minimum Gasteiger partial charge on any atom is -0.489 e. The van der Waals surface area contributed by atoms with Crippen LogP contribution in [0.15, 0.2) is 36.9 Å². The molecule has 4 aromatic rings. The molecule has 1 aromatic carbocycles. The first kappa shape index (κ1) is 24.6. The summed E-state index contributed by atoms with van der Waals surface area (Å²) >= 11 is 1.13. The van der Waals surface area contributed by atoms with E-state index in [0.29, 0.717) is 27.6 Å². The fraction of sp³-hybridized carbons (Fsp3) is 0.320. The second kappa shape index (κ2) is 9.11. The Balaban J connectivity index is 1.31. The number of nitrogens with one attached hydrogen (secondary N) is 2. The smallest absolute Gasteiger partial charge is 0.418 e. The molecule has 10 nitrogen and oxygen atoms in total. The number of hydrogen-bond acceptors (Lipinski definition) is 9. The average Bonchev–Trinajstić information content (AvgIpc) is 3.17. The highest BCUT2D eigenvalue weighted by atomic mass is 32.1. The number of carbonyl (C=O) groups is 2. The van der Waals surface area contributed by atoms with Crippen LogP contribution < -0.4 is 15.4 Å². The van der Waals surface area contributed by atoms with Gasteiger partial charge in [-0.15, -0.1) is 0 Å². The molecule has 0 bridgehead atoms. The normalized spacial score (nSPS) is 12.9. The van der Waals surface area contributed by atoms with Crippen LogP contribution in [0.5, 0.6) is 5.75 Å². The number of benzene rings is 1. The van der Waals surface area contributed by atoms with Crippen LogP contribution in [0.25, 0.3) is 10.3 Å². The number of ether oxygens (including phenoxy) is 2. The maximum Gasteiger partial charge on any atom is 0.418 e. The quantitative estimate of drug-likeness (QED) is 0.354. The molecule has 5 rings (SSSR count). The second-order valence-corrected chi connectivity index (χ2v) is 10.8. The van der Waals surface area contributed by atoms with Crippen molar-refractivity contribution in [3.05, 3.63) is 58.9 Å². The van der Waals surface area contributed by atoms with E-state index in [9.17, 15) is 14.0 Å². The molecule has 0 fully saturated rings. The summed E-state index contributed by atoms with van der Waals surface area (Å²) in [5.41, 5.74) is 2.00. The molecule has 12 heteroatoms. The zero-order valence-corrected chi connectivity index (χ0v) is 21.6. The van der Waals surface area contributed by atoms with Crippen LogP contribution in [0.2, 0.25) is 0 Å². The molecule has 3 heterocycles. The van der Waals surface area contributed by atoms with Gasteiger partial charge in [0.05, 0.1) is 17.8 Å². The number of rotatable bonds is 6. The SMILES string of the molecule is CC(C)Oc1cc(F)ccc1Nc1ncnc2sc(C(=O)NC3c4cn(C(=O)OC(C)(C)C)cc43)nc12. The summed E-state index contributed by atoms with van der Waals surface area (Å²) in [5, 5.41) is 6.24. The van der Waals surface area contributed by atoms with Crippen LogP contribution in [0.4, 0.5) is 20.7 Å². The number of aromatic nitrogens is 4. The zero-order chi connectivity index (χ0) is 26.5. The van der Waals surface area contributed by atoms with Gasteiger partial charge in [-0.3, -0.25) is 9.36 Å². The molecule has 1 aliphatic carbocycles. The molecule has 0 atom stereocenters. The number of nitrogens with zero attached hydrogens (tertiary/aromatic N) is 4. The van der Waals surface area contributed by atoms with Crippen LogP contribution in [0, 0.1) is 5.82 Å². The van der Waals surface area contributed by atoms with Gasteiger partial charge in [0.2, 0.25) is 0 Å². The van der Waals surface area contributed by atoms with Crippen molar-refractivity contribution in [2.75, 3.05) is 5.32 Å². The molecule has 0 spiro atoms. The number of thiazole rings is 1. The summed E-state index contributed by atoms with van der Waals surface area (Å²) in [6.07, 6.45) is 4.03. The molecule has 1 aliphatic rings. The van der Waals surface area contributed by atoms with Crippen molar-refractivity contribution >= 4 is 45.2 Å². The van der Waals surface area contributed by atoms with Gasteiger partial charge in [0.25, 0.3) is 5.91 Å². The van der Waals surface area contributed by atoms with E-state index in [1.54, 1.807) is 39.2 Å². The molecular weight excluding hydrogens is 499 g/mol. The average molecular weight is 525 g/mol. The lowest BCUT2D eigenvalue weighted by Crippen LogP contribution is -2.27. The van der Waals surface area contributed by atoms with Crippen molar-refractivity contribution in [3.8, 4) is 5.75 Å². The lowest BCUT2D eigenvalue weighted by molar-refractivity contribution is 0.0536. The van der Waals surface area contributed by atoms with Crippen molar-refractivity contribution in [1.29, 1.82) is 0 Å². The van der Waals surface area contributed by atoms with Gasteiger partial charge in [-0.1, -0.05) is 11.3 Å². The summed E-state index contributed by atoms with van der Waals surface area (Å²) in [5.74, 6) is -0.102. The lowest BCUT2D eigenvalue weighted by atomic mass is 10.2. The van der Waals surface area contributed by atoms with Crippen LogP contribution in [-0.2, 0) is 4.74 Å². The Morgan fingerprint density at radius 2 is 1.89 bits per heavy atom. The van der Waals surface area contributed by atoms with E-state index >= 15 is 0 Å². The van der Waals surface area contributed by atoms with Crippen LogP contribution in [0.1, 0.15) is 61.6 Å². The topological polar surface area (TPSA) is 120 Å². The van der Waals surface area contributed by atoms with Crippen LogP contribution in [-0.4, -0.2) is 43.2 Å². The molecular formula is C25H25FN6O4S. The Bertz CT molecular complexity index is 1500. The van der Waals surface area contributed by atoms with E-state index in [-0.39, 0.29) is 23.1 Å². The third-order valence-electron chi connectivity index (χ3n) is 5.26. The Morgan fingerprint density at radius 3 is 2.57 bits per heavy atom. The highest BCUT2D eigenvalue weighted by Crippen LogP contribution is 2.42. The van der Waals surface area contributed by atoms with Crippen LogP contribution in [0.3, 0.4) is 0 Å². The number of amides is 1. The van der Waals surface area contributed by atoms with Gasteiger partial charge in [0.15, 0.2) is 10.8 Å². The Hall–Kier alpha value is -4.06. The van der Waals surface area contributed by atoms with Gasteiger partial charge in [-0.2, -0.15) is 0 Å². The number of halogens is 1. The van der Waals surface area contributed by atoms with E-state index in [2.05, 4.69) is 25.6 Å². The van der Waals surface area contributed by atoms with E-state index in [1.165, 1.54) is 23.0 Å². The fourth-order valence-corrected chi connectivity index (χ4v) is 4.49. The minimum absolute atomic E-state index is 0.161. The maximum absolute atomic E-state index is 13.8. The molecule has 0 aliphatic heterocycles. The van der Waals surface area contributed by atoms with Crippen molar-refractivity contribution in [2.45, 2.75) is 52.4 Å². The Labute approximate surface area is 215 Å². The van der Waals surface area contributed by atoms with Gasteiger partial charge in [0, 0.05) is 29.6 Å². The fourth-order valence-electron chi connectivity index (χ4n) is 3.68. The van der Waals surface area contributed by atoms with E-state index in [4.69, 9.17) is 9.47 Å². The first-order valence-electron chi connectivity index (χ1n) is 11.6. The predicted octanol–water partition coefficient (Wildman–Crippen LogP) is 5.17. The van der Waals surface area contributed by atoms with Crippen molar-refractivity contribution < 1.29 is 23.5 Å². The molecule has 0 saturated heterocycles. The Morgan fingerprint density at radius 1 is 1.16 bits per heavy atom. The highest BCUT2D eigenvalue weighted by Gasteiger charge is 2.38. The minimum atomic E-state index is -0.600. The molecule has 3 aromatic heterocycles. The molecule has 0 saturated carbocycles. The molecule has 37 heavy (non-hydrogen) atoms. The first-order chi connectivity index (χ1) is 17.5. The Kier molecular flexibility index (Phi) is 6.06. The predicted molar refractivity (Wildman–Crippen MR) is 136 cm³/mol.